The zero-order chi connectivity index (χ0) is 18.9. The smallest absolute Gasteiger partial charge is 0.251 e. The summed E-state index contributed by atoms with van der Waals surface area (Å²) in [7, 11) is -0.0967. The van der Waals surface area contributed by atoms with Crippen molar-refractivity contribution in [1.29, 1.82) is 0 Å². The molecule has 0 unspecified atom stereocenters. The molecule has 1 fully saturated rings. The van der Waals surface area contributed by atoms with Crippen molar-refractivity contribution in [2.75, 3.05) is 37.8 Å². The first-order chi connectivity index (χ1) is 12.3. The second-order valence-electron chi connectivity index (χ2n) is 6.25. The van der Waals surface area contributed by atoms with Crippen LogP contribution in [0.1, 0.15) is 18.7 Å². The maximum absolute atomic E-state index is 12.7. The van der Waals surface area contributed by atoms with Gasteiger partial charge >= 0.3 is 0 Å². The van der Waals surface area contributed by atoms with Crippen LogP contribution in [-0.2, 0) is 16.6 Å². The minimum Gasteiger partial charge on any atom is -0.368 e. The van der Waals surface area contributed by atoms with Crippen molar-refractivity contribution in [3.8, 4) is 0 Å². The molecule has 0 bridgehead atoms. The van der Waals surface area contributed by atoms with Crippen molar-refractivity contribution in [3.05, 3.63) is 34.5 Å². The van der Waals surface area contributed by atoms with Gasteiger partial charge in [0.15, 0.2) is 5.82 Å². The number of nitrogens with two attached hydrogens (primary N) is 1. The Morgan fingerprint density at radius 2 is 1.85 bits per heavy atom. The van der Waals surface area contributed by atoms with Gasteiger partial charge in [0.2, 0.25) is 21.9 Å². The maximum Gasteiger partial charge on any atom is 0.251 e. The molecule has 10 nitrogen and oxygen atoms in total. The van der Waals surface area contributed by atoms with Gasteiger partial charge in [-0.25, -0.2) is 8.42 Å². The molecule has 0 saturated carbocycles. The van der Waals surface area contributed by atoms with Gasteiger partial charge < -0.3 is 15.2 Å². The van der Waals surface area contributed by atoms with Crippen molar-refractivity contribution in [1.82, 2.24) is 23.8 Å². The molecule has 1 aliphatic rings. The molecule has 0 aliphatic carbocycles. The number of hydrogen-bond acceptors (Lipinski definition) is 8. The fourth-order valence-corrected chi connectivity index (χ4v) is 4.25. The highest BCUT2D eigenvalue weighted by molar-refractivity contribution is 7.89. The third kappa shape index (κ3) is 3.68. The lowest BCUT2D eigenvalue weighted by atomic mass is 10.4. The molecule has 0 amide bonds. The minimum atomic E-state index is -3.61. The highest BCUT2D eigenvalue weighted by atomic mass is 32.2. The van der Waals surface area contributed by atoms with E-state index in [1.807, 2.05) is 0 Å². The van der Waals surface area contributed by atoms with Gasteiger partial charge in [-0.1, -0.05) is 0 Å². The van der Waals surface area contributed by atoms with E-state index >= 15 is 0 Å². The van der Waals surface area contributed by atoms with E-state index in [0.29, 0.717) is 19.0 Å². The number of hydrogen-bond donors (Lipinski definition) is 1. The molecule has 0 atom stereocenters. The molecule has 11 heteroatoms. The highest BCUT2D eigenvalue weighted by Gasteiger charge is 2.27. The van der Waals surface area contributed by atoms with Crippen LogP contribution >= 0.6 is 0 Å². The number of pyridine rings is 1. The van der Waals surface area contributed by atoms with E-state index in [1.54, 1.807) is 19.0 Å². The summed E-state index contributed by atoms with van der Waals surface area (Å²) in [6.07, 6.45) is 3.01. The van der Waals surface area contributed by atoms with E-state index in [9.17, 15) is 13.2 Å². The van der Waals surface area contributed by atoms with E-state index in [4.69, 9.17) is 5.73 Å². The number of rotatable bonds is 5. The zero-order valence-corrected chi connectivity index (χ0v) is 15.5. The fourth-order valence-electron chi connectivity index (χ4n) is 2.71. The van der Waals surface area contributed by atoms with Crippen LogP contribution in [-0.4, -0.2) is 59.4 Å². The summed E-state index contributed by atoms with van der Waals surface area (Å²) in [4.78, 5) is 26.2. The molecular formula is C15H21N7O3S. The van der Waals surface area contributed by atoms with Crippen LogP contribution in [0.4, 0.5) is 11.9 Å². The van der Waals surface area contributed by atoms with Gasteiger partial charge in [0.1, 0.15) is 0 Å². The predicted molar refractivity (Wildman–Crippen MR) is 96.4 cm³/mol. The molecule has 0 radical (unpaired) electrons. The summed E-state index contributed by atoms with van der Waals surface area (Å²) >= 11 is 0. The van der Waals surface area contributed by atoms with Crippen molar-refractivity contribution >= 4 is 21.9 Å². The van der Waals surface area contributed by atoms with Gasteiger partial charge in [0.05, 0.1) is 11.4 Å². The molecule has 3 heterocycles. The van der Waals surface area contributed by atoms with E-state index in [1.165, 1.54) is 27.2 Å². The Kier molecular flexibility index (Phi) is 4.92. The van der Waals surface area contributed by atoms with Gasteiger partial charge in [-0.15, -0.1) is 0 Å². The van der Waals surface area contributed by atoms with Crippen LogP contribution in [0.5, 0.6) is 0 Å². The van der Waals surface area contributed by atoms with Crippen LogP contribution in [0, 0.1) is 0 Å². The Balaban J connectivity index is 1.95. The fraction of sp³-hybridized carbons (Fsp3) is 0.467. The normalized spacial score (nSPS) is 15.3. The van der Waals surface area contributed by atoms with Gasteiger partial charge in [-0.3, -0.25) is 4.79 Å². The number of sulfonamides is 1. The molecule has 1 aliphatic heterocycles. The molecular weight excluding hydrogens is 358 g/mol. The van der Waals surface area contributed by atoms with E-state index in [-0.39, 0.29) is 28.8 Å². The molecule has 2 N–H and O–H groups in total. The molecule has 1 saturated heterocycles. The first-order valence-corrected chi connectivity index (χ1v) is 9.60. The first-order valence-electron chi connectivity index (χ1n) is 8.16. The average molecular weight is 379 g/mol. The predicted octanol–water partition coefficient (Wildman–Crippen LogP) is -0.486. The Hall–Kier alpha value is -2.53. The van der Waals surface area contributed by atoms with E-state index in [0.717, 1.165) is 12.8 Å². The molecule has 2 aromatic heterocycles. The summed E-state index contributed by atoms with van der Waals surface area (Å²) in [6, 6.07) is 2.57. The molecule has 0 aromatic carbocycles. The number of nitrogens with zero attached hydrogens (tertiary/aromatic N) is 6. The quantitative estimate of drug-likeness (QED) is 0.737. The summed E-state index contributed by atoms with van der Waals surface area (Å²) in [5.41, 5.74) is 5.34. The van der Waals surface area contributed by atoms with Crippen molar-refractivity contribution < 1.29 is 8.42 Å². The first kappa shape index (κ1) is 18.3. The van der Waals surface area contributed by atoms with Crippen LogP contribution < -0.4 is 16.2 Å². The van der Waals surface area contributed by atoms with Crippen molar-refractivity contribution in [3.63, 3.8) is 0 Å². The summed E-state index contributed by atoms with van der Waals surface area (Å²) in [5, 5.41) is 0. The second-order valence-corrected chi connectivity index (χ2v) is 8.18. The number of aromatic nitrogens is 4. The summed E-state index contributed by atoms with van der Waals surface area (Å²) < 4.78 is 28.1. The molecule has 2 aromatic rings. The lowest BCUT2D eigenvalue weighted by Crippen LogP contribution is -2.30. The monoisotopic (exact) mass is 379 g/mol. The third-order valence-corrected chi connectivity index (χ3v) is 5.94. The van der Waals surface area contributed by atoms with Gasteiger partial charge in [-0.2, -0.15) is 19.3 Å². The van der Waals surface area contributed by atoms with Crippen LogP contribution in [0.2, 0.25) is 0 Å². The van der Waals surface area contributed by atoms with E-state index in [2.05, 4.69) is 15.0 Å². The van der Waals surface area contributed by atoms with Crippen molar-refractivity contribution in [2.24, 2.45) is 0 Å². The van der Waals surface area contributed by atoms with E-state index < -0.39 is 10.0 Å². The van der Waals surface area contributed by atoms with Crippen molar-refractivity contribution in [2.45, 2.75) is 24.3 Å². The van der Waals surface area contributed by atoms with Crippen LogP contribution in [0.25, 0.3) is 0 Å². The summed E-state index contributed by atoms with van der Waals surface area (Å²) in [5.74, 6) is 0.674. The third-order valence-electron chi connectivity index (χ3n) is 4.06. The topological polar surface area (TPSA) is 127 Å². The van der Waals surface area contributed by atoms with Crippen LogP contribution in [0.15, 0.2) is 28.0 Å². The number of anilines is 2. The maximum atomic E-state index is 12.7. The Bertz CT molecular complexity index is 965. The Morgan fingerprint density at radius 1 is 1.15 bits per heavy atom. The average Bonchev–Trinajstić information content (AvgIpc) is 3.11. The molecule has 3 rings (SSSR count). The molecule has 0 spiro atoms. The SMILES string of the molecule is CN(C)c1nc(N)nc(Cn2cc(S(=O)(=O)N3CCCC3)ccc2=O)n1. The largest absolute Gasteiger partial charge is 0.368 e. The minimum absolute atomic E-state index is 0.00421. The lowest BCUT2D eigenvalue weighted by molar-refractivity contribution is 0.476. The lowest BCUT2D eigenvalue weighted by Gasteiger charge is -2.16. The van der Waals surface area contributed by atoms with Crippen LogP contribution in [0.3, 0.4) is 0 Å². The molecule has 140 valence electrons. The summed E-state index contributed by atoms with van der Waals surface area (Å²) in [6.45, 7) is 0.991. The second kappa shape index (κ2) is 7.00. The van der Waals surface area contributed by atoms with Gasteiger partial charge in [-0.05, 0) is 18.9 Å². The Labute approximate surface area is 151 Å². The van der Waals surface area contributed by atoms with Gasteiger partial charge in [0, 0.05) is 39.4 Å². The highest BCUT2D eigenvalue weighted by Crippen LogP contribution is 2.20. The standard InChI is InChI=1S/C15H21N7O3S/c1-20(2)15-18-12(17-14(16)19-15)10-21-9-11(5-6-13(21)23)26(24,25)22-7-3-4-8-22/h5-6,9H,3-4,7-8,10H2,1-2H3,(H2,16,17,18,19). The number of nitrogen functional groups attached to an aromatic ring is 1. The van der Waals surface area contributed by atoms with Gasteiger partial charge in [0.25, 0.3) is 5.56 Å². The molecule has 26 heavy (non-hydrogen) atoms. The zero-order valence-electron chi connectivity index (χ0n) is 14.7. The Morgan fingerprint density at radius 3 is 2.50 bits per heavy atom.